The Bertz CT molecular complexity index is 579. The summed E-state index contributed by atoms with van der Waals surface area (Å²) >= 11 is 0. The monoisotopic (exact) mass is 241 g/mol. The zero-order valence-electron chi connectivity index (χ0n) is 10.3. The van der Waals surface area contributed by atoms with Gasteiger partial charge in [0.05, 0.1) is 0 Å². The summed E-state index contributed by atoms with van der Waals surface area (Å²) in [6.45, 7) is 2.02. The first-order valence-electron chi connectivity index (χ1n) is 6.10. The number of aromatic nitrogens is 2. The van der Waals surface area contributed by atoms with Crippen molar-refractivity contribution in [2.24, 2.45) is 0 Å². The predicted octanol–water partition coefficient (Wildman–Crippen LogP) is 3.04. The molecule has 0 unspecified atom stereocenters. The summed E-state index contributed by atoms with van der Waals surface area (Å²) in [6, 6.07) is 9.51. The Hall–Kier alpha value is -2.10. The first kappa shape index (κ1) is 11.0. The summed E-state index contributed by atoms with van der Waals surface area (Å²) in [5.74, 6) is 3.03. The number of rotatable bonds is 3. The third-order valence-electron chi connectivity index (χ3n) is 2.89. The van der Waals surface area contributed by atoms with E-state index < -0.39 is 0 Å². The van der Waals surface area contributed by atoms with Gasteiger partial charge in [-0.3, -0.25) is 0 Å². The summed E-state index contributed by atoms with van der Waals surface area (Å²) in [7, 11) is 0. The van der Waals surface area contributed by atoms with Crippen LogP contribution >= 0.6 is 0 Å². The number of anilines is 1. The quantitative estimate of drug-likeness (QED) is 0.897. The van der Waals surface area contributed by atoms with Crippen LogP contribution in [0.4, 0.5) is 5.82 Å². The molecule has 18 heavy (non-hydrogen) atoms. The molecule has 0 radical (unpaired) electrons. The van der Waals surface area contributed by atoms with E-state index in [2.05, 4.69) is 9.97 Å². The molecule has 4 heteroatoms. The van der Waals surface area contributed by atoms with Crippen LogP contribution in [-0.2, 0) is 0 Å². The minimum atomic E-state index is 0.466. The molecule has 2 aromatic rings. The number of benzene rings is 1. The smallest absolute Gasteiger partial charge is 0.224 e. The maximum atomic E-state index is 5.78. The molecular weight excluding hydrogens is 226 g/mol. The summed E-state index contributed by atoms with van der Waals surface area (Å²) in [5.41, 5.74) is 6.93. The Morgan fingerprint density at radius 1 is 1.22 bits per heavy atom. The molecule has 92 valence electrons. The number of nitrogen functional groups attached to an aromatic ring is 1. The van der Waals surface area contributed by atoms with Crippen molar-refractivity contribution in [2.75, 3.05) is 5.73 Å². The lowest BCUT2D eigenvalue weighted by molar-refractivity contribution is 0.459. The van der Waals surface area contributed by atoms with Crippen molar-refractivity contribution in [3.63, 3.8) is 0 Å². The Kier molecular flexibility index (Phi) is 2.63. The molecule has 1 aromatic carbocycles. The Morgan fingerprint density at radius 2 is 2.06 bits per heavy atom. The fraction of sp³-hybridized carbons (Fsp3) is 0.286. The molecule has 1 fully saturated rings. The molecule has 0 atom stereocenters. The molecule has 3 rings (SSSR count). The second-order valence-electron chi connectivity index (χ2n) is 4.68. The predicted molar refractivity (Wildman–Crippen MR) is 69.7 cm³/mol. The van der Waals surface area contributed by atoms with Crippen molar-refractivity contribution >= 4 is 5.82 Å². The van der Waals surface area contributed by atoms with Crippen LogP contribution in [0, 0.1) is 6.92 Å². The highest BCUT2D eigenvalue weighted by molar-refractivity contribution is 5.37. The number of hydrogen-bond acceptors (Lipinski definition) is 4. The zero-order chi connectivity index (χ0) is 12.5. The normalized spacial score (nSPS) is 14.5. The molecule has 0 bridgehead atoms. The van der Waals surface area contributed by atoms with Crippen LogP contribution in [0.25, 0.3) is 0 Å². The molecule has 1 aliphatic carbocycles. The summed E-state index contributed by atoms with van der Waals surface area (Å²) < 4.78 is 5.73. The second kappa shape index (κ2) is 4.29. The van der Waals surface area contributed by atoms with Crippen molar-refractivity contribution in [1.82, 2.24) is 9.97 Å². The van der Waals surface area contributed by atoms with Crippen molar-refractivity contribution in [2.45, 2.75) is 25.7 Å². The number of nitrogens with two attached hydrogens (primary N) is 1. The number of nitrogens with zero attached hydrogens (tertiary/aromatic N) is 2. The number of hydrogen-bond donors (Lipinski definition) is 1. The van der Waals surface area contributed by atoms with Crippen LogP contribution in [0.5, 0.6) is 11.6 Å². The SMILES string of the molecule is Cc1cccc(Oc2cc(N)nc(C3CC3)n2)c1. The van der Waals surface area contributed by atoms with Gasteiger partial charge in [-0.2, -0.15) is 4.98 Å². The Morgan fingerprint density at radius 3 is 2.78 bits per heavy atom. The van der Waals surface area contributed by atoms with Crippen molar-refractivity contribution in [1.29, 1.82) is 0 Å². The van der Waals surface area contributed by atoms with Gasteiger partial charge in [0.25, 0.3) is 0 Å². The fourth-order valence-corrected chi connectivity index (χ4v) is 1.84. The molecule has 0 spiro atoms. The molecule has 1 heterocycles. The maximum Gasteiger partial charge on any atom is 0.224 e. The third kappa shape index (κ3) is 2.42. The highest BCUT2D eigenvalue weighted by Crippen LogP contribution is 2.39. The van der Waals surface area contributed by atoms with Crippen molar-refractivity contribution < 1.29 is 4.74 Å². The standard InChI is InChI=1S/C14H15N3O/c1-9-3-2-4-11(7-9)18-13-8-12(15)16-14(17-13)10-5-6-10/h2-4,7-8,10H,5-6H2,1H3,(H2,15,16,17). The summed E-state index contributed by atoms with van der Waals surface area (Å²) in [4.78, 5) is 8.65. The highest BCUT2D eigenvalue weighted by Gasteiger charge is 2.27. The third-order valence-corrected chi connectivity index (χ3v) is 2.89. The van der Waals surface area contributed by atoms with E-state index in [1.807, 2.05) is 31.2 Å². The molecule has 0 aliphatic heterocycles. The van der Waals surface area contributed by atoms with Gasteiger partial charge >= 0.3 is 0 Å². The van der Waals surface area contributed by atoms with Crippen LogP contribution in [0.3, 0.4) is 0 Å². The van der Waals surface area contributed by atoms with Gasteiger partial charge in [-0.25, -0.2) is 4.98 Å². The minimum Gasteiger partial charge on any atom is -0.439 e. The first-order valence-corrected chi connectivity index (χ1v) is 6.10. The molecule has 1 aromatic heterocycles. The van der Waals surface area contributed by atoms with E-state index in [9.17, 15) is 0 Å². The average Bonchev–Trinajstić information content (AvgIpc) is 3.11. The van der Waals surface area contributed by atoms with Gasteiger partial charge in [0, 0.05) is 12.0 Å². The number of aryl methyl sites for hydroxylation is 1. The molecule has 2 N–H and O–H groups in total. The second-order valence-corrected chi connectivity index (χ2v) is 4.68. The van der Waals surface area contributed by atoms with Gasteiger partial charge < -0.3 is 10.5 Å². The highest BCUT2D eigenvalue weighted by atomic mass is 16.5. The molecule has 0 saturated heterocycles. The van der Waals surface area contributed by atoms with Gasteiger partial charge in [-0.15, -0.1) is 0 Å². The molecule has 1 saturated carbocycles. The Balaban J connectivity index is 1.87. The van der Waals surface area contributed by atoms with Gasteiger partial charge in [0.2, 0.25) is 5.88 Å². The van der Waals surface area contributed by atoms with E-state index in [0.29, 0.717) is 17.6 Å². The van der Waals surface area contributed by atoms with Crippen molar-refractivity contribution in [3.05, 3.63) is 41.7 Å². The lowest BCUT2D eigenvalue weighted by atomic mass is 10.2. The van der Waals surface area contributed by atoms with E-state index in [1.165, 1.54) is 0 Å². The topological polar surface area (TPSA) is 61.0 Å². The minimum absolute atomic E-state index is 0.466. The van der Waals surface area contributed by atoms with E-state index in [0.717, 1.165) is 30.0 Å². The van der Waals surface area contributed by atoms with Gasteiger partial charge in [0.15, 0.2) is 0 Å². The lowest BCUT2D eigenvalue weighted by Gasteiger charge is -2.07. The zero-order valence-corrected chi connectivity index (χ0v) is 10.3. The molecule has 0 amide bonds. The number of ether oxygens (including phenoxy) is 1. The lowest BCUT2D eigenvalue weighted by Crippen LogP contribution is -2.00. The van der Waals surface area contributed by atoms with Crippen LogP contribution < -0.4 is 10.5 Å². The summed E-state index contributed by atoms with van der Waals surface area (Å²) in [5, 5.41) is 0. The summed E-state index contributed by atoms with van der Waals surface area (Å²) in [6.07, 6.45) is 2.29. The fourth-order valence-electron chi connectivity index (χ4n) is 1.84. The molecule has 1 aliphatic rings. The molecular formula is C14H15N3O. The molecule has 4 nitrogen and oxygen atoms in total. The largest absolute Gasteiger partial charge is 0.439 e. The average molecular weight is 241 g/mol. The van der Waals surface area contributed by atoms with Crippen LogP contribution in [0.2, 0.25) is 0 Å². The van der Waals surface area contributed by atoms with Crippen LogP contribution in [0.15, 0.2) is 30.3 Å². The maximum absolute atomic E-state index is 5.78. The van der Waals surface area contributed by atoms with E-state index in [-0.39, 0.29) is 0 Å². The first-order chi connectivity index (χ1) is 8.70. The van der Waals surface area contributed by atoms with E-state index in [4.69, 9.17) is 10.5 Å². The van der Waals surface area contributed by atoms with E-state index in [1.54, 1.807) is 6.07 Å². The van der Waals surface area contributed by atoms with Gasteiger partial charge in [0.1, 0.15) is 17.4 Å². The van der Waals surface area contributed by atoms with Crippen LogP contribution in [0.1, 0.15) is 30.1 Å². The van der Waals surface area contributed by atoms with Gasteiger partial charge in [-0.05, 0) is 37.5 Å². The Labute approximate surface area is 106 Å². The van der Waals surface area contributed by atoms with Crippen molar-refractivity contribution in [3.8, 4) is 11.6 Å². The van der Waals surface area contributed by atoms with E-state index >= 15 is 0 Å². The van der Waals surface area contributed by atoms with Crippen LogP contribution in [-0.4, -0.2) is 9.97 Å². The van der Waals surface area contributed by atoms with Gasteiger partial charge in [-0.1, -0.05) is 12.1 Å².